The third kappa shape index (κ3) is 5.07. The van der Waals surface area contributed by atoms with Gasteiger partial charge in [-0.25, -0.2) is 9.97 Å². The van der Waals surface area contributed by atoms with Crippen LogP contribution in [0.1, 0.15) is 30.5 Å². The number of nitrogens with zero attached hydrogens (tertiary/aromatic N) is 4. The van der Waals surface area contributed by atoms with Gasteiger partial charge < -0.3 is 15.3 Å². The highest BCUT2D eigenvalue weighted by Crippen LogP contribution is 2.28. The van der Waals surface area contributed by atoms with Crippen LogP contribution in [0, 0.1) is 0 Å². The zero-order valence-corrected chi connectivity index (χ0v) is 18.6. The summed E-state index contributed by atoms with van der Waals surface area (Å²) in [7, 11) is 0. The summed E-state index contributed by atoms with van der Waals surface area (Å²) in [5.74, 6) is 1.02. The maximum atomic E-state index is 12.1. The standard InChI is InChI=1S/C25H26N6O2/c1-16(13-28-26-3)18-6-8-22(9-7-18)29-23-10-11-27-24(30-23)19-4-5-20-14-31(15-21(20)12-19)25(33)17(2)32/h4-13,17,28,32H,3,14-15H2,1-2H3,(H,27,29,30)/b16-13+. The van der Waals surface area contributed by atoms with Gasteiger partial charge in [-0.1, -0.05) is 24.3 Å². The van der Waals surface area contributed by atoms with Crippen molar-refractivity contribution in [2.24, 2.45) is 5.10 Å². The molecule has 1 amide bonds. The van der Waals surface area contributed by atoms with Crippen molar-refractivity contribution in [2.75, 3.05) is 5.32 Å². The largest absolute Gasteiger partial charge is 0.384 e. The fraction of sp³-hybridized carbons (Fsp3) is 0.200. The van der Waals surface area contributed by atoms with Crippen molar-refractivity contribution in [3.63, 3.8) is 0 Å². The van der Waals surface area contributed by atoms with Crippen molar-refractivity contribution in [1.82, 2.24) is 20.3 Å². The second kappa shape index (κ2) is 9.62. The van der Waals surface area contributed by atoms with Crippen LogP contribution in [0.25, 0.3) is 17.0 Å². The van der Waals surface area contributed by atoms with Gasteiger partial charge in [-0.2, -0.15) is 5.10 Å². The molecule has 1 aliphatic rings. The SMILES string of the molecule is C=NN/C=C(\C)c1ccc(Nc2ccnc(-c3ccc4c(c3)CN(C(=O)C(C)O)C4)n2)cc1. The number of amides is 1. The molecule has 2 heterocycles. The number of hydrazone groups is 1. The van der Waals surface area contributed by atoms with Crippen LogP contribution in [0.2, 0.25) is 0 Å². The number of carbonyl (C=O) groups is 1. The van der Waals surface area contributed by atoms with Crippen LogP contribution in [0.15, 0.2) is 66.0 Å². The van der Waals surface area contributed by atoms with Gasteiger partial charge in [0.1, 0.15) is 11.9 Å². The van der Waals surface area contributed by atoms with E-state index in [0.717, 1.165) is 33.5 Å². The number of carbonyl (C=O) groups excluding carboxylic acids is 1. The lowest BCUT2D eigenvalue weighted by Crippen LogP contribution is -2.33. The highest BCUT2D eigenvalue weighted by atomic mass is 16.3. The Morgan fingerprint density at radius 2 is 1.94 bits per heavy atom. The molecule has 0 fully saturated rings. The minimum atomic E-state index is -1.00. The zero-order valence-electron chi connectivity index (χ0n) is 18.6. The molecule has 2 aromatic carbocycles. The number of fused-ring (bicyclic) bond motifs is 1. The van der Waals surface area contributed by atoms with Crippen molar-refractivity contribution < 1.29 is 9.90 Å². The lowest BCUT2D eigenvalue weighted by Gasteiger charge is -2.16. The first kappa shape index (κ1) is 22.2. The van der Waals surface area contributed by atoms with Crippen LogP contribution in [-0.2, 0) is 17.9 Å². The molecule has 0 bridgehead atoms. The van der Waals surface area contributed by atoms with E-state index in [1.54, 1.807) is 17.3 Å². The molecule has 0 spiro atoms. The van der Waals surface area contributed by atoms with Gasteiger partial charge in [0, 0.05) is 43.5 Å². The fourth-order valence-corrected chi connectivity index (χ4v) is 3.71. The molecule has 8 nitrogen and oxygen atoms in total. The molecule has 0 saturated heterocycles. The number of hydrogen-bond donors (Lipinski definition) is 3. The topological polar surface area (TPSA) is 103 Å². The van der Waals surface area contributed by atoms with E-state index in [0.29, 0.717) is 24.7 Å². The molecule has 3 aromatic rings. The van der Waals surface area contributed by atoms with Crippen LogP contribution < -0.4 is 10.7 Å². The first-order valence-electron chi connectivity index (χ1n) is 10.6. The average Bonchev–Trinajstić information content (AvgIpc) is 3.26. The minimum Gasteiger partial charge on any atom is -0.384 e. The maximum Gasteiger partial charge on any atom is 0.251 e. The third-order valence-corrected chi connectivity index (χ3v) is 5.50. The fourth-order valence-electron chi connectivity index (χ4n) is 3.71. The summed E-state index contributed by atoms with van der Waals surface area (Å²) in [6.07, 6.45) is 2.51. The number of aromatic nitrogens is 2. The van der Waals surface area contributed by atoms with Crippen LogP contribution in [0.5, 0.6) is 0 Å². The Bertz CT molecular complexity index is 1200. The van der Waals surface area contributed by atoms with Gasteiger partial charge in [-0.15, -0.1) is 0 Å². The Hall–Kier alpha value is -4.04. The van der Waals surface area contributed by atoms with Crippen LogP contribution in [0.3, 0.4) is 0 Å². The third-order valence-electron chi connectivity index (χ3n) is 5.50. The first-order chi connectivity index (χ1) is 15.9. The molecule has 1 atom stereocenters. The summed E-state index contributed by atoms with van der Waals surface area (Å²) in [4.78, 5) is 22.9. The summed E-state index contributed by atoms with van der Waals surface area (Å²) in [6.45, 7) is 7.87. The molecule has 1 unspecified atom stereocenters. The number of anilines is 2. The summed E-state index contributed by atoms with van der Waals surface area (Å²) >= 11 is 0. The van der Waals surface area contributed by atoms with E-state index in [1.165, 1.54) is 6.92 Å². The molecule has 0 saturated carbocycles. The second-order valence-corrected chi connectivity index (χ2v) is 7.94. The van der Waals surface area contributed by atoms with Crippen molar-refractivity contribution in [1.29, 1.82) is 0 Å². The Labute approximate surface area is 192 Å². The quantitative estimate of drug-likeness (QED) is 0.381. The molecule has 3 N–H and O–H groups in total. The lowest BCUT2D eigenvalue weighted by atomic mass is 10.1. The molecule has 4 rings (SSSR count). The Balaban J connectivity index is 1.49. The van der Waals surface area contributed by atoms with E-state index in [-0.39, 0.29) is 5.91 Å². The maximum absolute atomic E-state index is 12.1. The van der Waals surface area contributed by atoms with Gasteiger partial charge in [-0.05, 0) is 60.4 Å². The van der Waals surface area contributed by atoms with Crippen molar-refractivity contribution in [2.45, 2.75) is 33.0 Å². The normalized spacial score (nSPS) is 13.9. The molecular weight excluding hydrogens is 416 g/mol. The van der Waals surface area contributed by atoms with Crippen LogP contribution in [-0.4, -0.2) is 38.7 Å². The number of allylic oxidation sites excluding steroid dienone is 1. The number of hydrogen-bond acceptors (Lipinski definition) is 7. The lowest BCUT2D eigenvalue weighted by molar-refractivity contribution is -0.139. The van der Waals surface area contributed by atoms with Gasteiger partial charge in [0.15, 0.2) is 5.82 Å². The Morgan fingerprint density at radius 1 is 1.18 bits per heavy atom. The van der Waals surface area contributed by atoms with Gasteiger partial charge in [-0.3, -0.25) is 10.2 Å². The molecule has 0 radical (unpaired) electrons. The van der Waals surface area contributed by atoms with E-state index >= 15 is 0 Å². The molecule has 168 valence electrons. The smallest absolute Gasteiger partial charge is 0.251 e. The predicted octanol–water partition coefficient (Wildman–Crippen LogP) is 3.68. The Morgan fingerprint density at radius 3 is 2.67 bits per heavy atom. The van der Waals surface area contributed by atoms with Crippen molar-refractivity contribution in [3.05, 3.63) is 77.6 Å². The number of rotatable bonds is 7. The summed E-state index contributed by atoms with van der Waals surface area (Å²) in [6, 6.07) is 15.8. The van der Waals surface area contributed by atoms with Crippen molar-refractivity contribution >= 4 is 29.7 Å². The van der Waals surface area contributed by atoms with Gasteiger partial charge >= 0.3 is 0 Å². The van der Waals surface area contributed by atoms with E-state index < -0.39 is 6.10 Å². The molecular formula is C25H26N6O2. The first-order valence-corrected chi connectivity index (χ1v) is 10.6. The van der Waals surface area contributed by atoms with E-state index in [9.17, 15) is 9.90 Å². The van der Waals surface area contributed by atoms with Gasteiger partial charge in [0.05, 0.1) is 0 Å². The predicted molar refractivity (Wildman–Crippen MR) is 129 cm³/mol. The number of benzene rings is 2. The van der Waals surface area contributed by atoms with Crippen LogP contribution in [0.4, 0.5) is 11.5 Å². The van der Waals surface area contributed by atoms with Gasteiger partial charge in [0.2, 0.25) is 0 Å². The molecule has 1 aromatic heterocycles. The second-order valence-electron chi connectivity index (χ2n) is 7.94. The highest BCUT2D eigenvalue weighted by molar-refractivity contribution is 5.81. The highest BCUT2D eigenvalue weighted by Gasteiger charge is 2.26. The Kier molecular flexibility index (Phi) is 6.46. The monoisotopic (exact) mass is 442 g/mol. The van der Waals surface area contributed by atoms with E-state index in [1.807, 2.05) is 55.5 Å². The number of aliphatic hydroxyl groups excluding tert-OH is 1. The summed E-state index contributed by atoms with van der Waals surface area (Å²) in [5, 5.41) is 16.5. The molecule has 1 aliphatic heterocycles. The summed E-state index contributed by atoms with van der Waals surface area (Å²) < 4.78 is 0. The molecule has 8 heteroatoms. The van der Waals surface area contributed by atoms with Crippen molar-refractivity contribution in [3.8, 4) is 11.4 Å². The number of nitrogens with one attached hydrogen (secondary N) is 2. The molecule has 0 aliphatic carbocycles. The number of aliphatic hydroxyl groups is 1. The summed E-state index contributed by atoms with van der Waals surface area (Å²) in [5.41, 5.74) is 8.76. The minimum absolute atomic E-state index is 0.263. The van der Waals surface area contributed by atoms with Crippen LogP contribution >= 0.6 is 0 Å². The van der Waals surface area contributed by atoms with E-state index in [2.05, 4.69) is 32.5 Å². The van der Waals surface area contributed by atoms with Gasteiger partial charge in [0.25, 0.3) is 5.91 Å². The average molecular weight is 443 g/mol. The molecule has 33 heavy (non-hydrogen) atoms. The zero-order chi connectivity index (χ0) is 23.4. The van der Waals surface area contributed by atoms with E-state index in [4.69, 9.17) is 0 Å².